The quantitative estimate of drug-likeness (QED) is 0.648. The number of rotatable bonds is 2. The zero-order valence-electron chi connectivity index (χ0n) is 10.4. The Hall–Kier alpha value is -0.450. The van der Waals surface area contributed by atoms with E-state index in [2.05, 4.69) is 36.4 Å². The van der Waals surface area contributed by atoms with Crippen molar-refractivity contribution in [2.75, 3.05) is 5.73 Å². The molecule has 0 spiro atoms. The van der Waals surface area contributed by atoms with Crippen LogP contribution in [0.5, 0.6) is 5.75 Å². The van der Waals surface area contributed by atoms with Gasteiger partial charge in [-0.3, -0.25) is 0 Å². The molecule has 0 amide bonds. The summed E-state index contributed by atoms with van der Waals surface area (Å²) in [5.74, 6) is 2.58. The van der Waals surface area contributed by atoms with Crippen LogP contribution in [0.25, 0.3) is 0 Å². The number of anilines is 1. The predicted octanol–water partition coefficient (Wildman–Crippen LogP) is 4.08. The highest BCUT2D eigenvalue weighted by Gasteiger charge is 2.26. The average Bonchev–Trinajstić information content (AvgIpc) is 2.27. The maximum Gasteiger partial charge on any atom is 0.133 e. The molecular weight excluding hydrogens is 325 g/mol. The number of hydrogen-bond donors (Lipinski definition) is 1. The Bertz CT molecular complexity index is 394. The summed E-state index contributed by atoms with van der Waals surface area (Å²) in [5.41, 5.74) is 6.54. The topological polar surface area (TPSA) is 35.2 Å². The van der Waals surface area contributed by atoms with Gasteiger partial charge in [-0.1, -0.05) is 13.8 Å². The Morgan fingerprint density at radius 2 is 2.00 bits per heavy atom. The normalized spacial score (nSPS) is 29.0. The van der Waals surface area contributed by atoms with Crippen LogP contribution in [0, 0.1) is 15.4 Å². The van der Waals surface area contributed by atoms with Gasteiger partial charge >= 0.3 is 0 Å². The van der Waals surface area contributed by atoms with Crippen molar-refractivity contribution in [1.82, 2.24) is 0 Å². The highest BCUT2D eigenvalue weighted by atomic mass is 127. The first-order chi connectivity index (χ1) is 8.06. The van der Waals surface area contributed by atoms with Gasteiger partial charge in [-0.15, -0.1) is 0 Å². The molecule has 3 atom stereocenters. The van der Waals surface area contributed by atoms with Crippen molar-refractivity contribution in [3.05, 3.63) is 21.8 Å². The van der Waals surface area contributed by atoms with Gasteiger partial charge in [0.25, 0.3) is 0 Å². The van der Waals surface area contributed by atoms with Crippen LogP contribution >= 0.6 is 22.6 Å². The lowest BCUT2D eigenvalue weighted by Gasteiger charge is -2.32. The van der Waals surface area contributed by atoms with Gasteiger partial charge in [0.2, 0.25) is 0 Å². The number of nitrogens with two attached hydrogens (primary N) is 1. The van der Waals surface area contributed by atoms with Gasteiger partial charge in [-0.2, -0.15) is 0 Å². The second-order valence-electron chi connectivity index (χ2n) is 5.20. The highest BCUT2D eigenvalue weighted by molar-refractivity contribution is 14.1. The van der Waals surface area contributed by atoms with Crippen LogP contribution in [-0.4, -0.2) is 6.10 Å². The van der Waals surface area contributed by atoms with Crippen molar-refractivity contribution in [2.45, 2.75) is 39.2 Å². The predicted molar refractivity (Wildman–Crippen MR) is 80.2 cm³/mol. The molecule has 0 saturated heterocycles. The fraction of sp³-hybridized carbons (Fsp3) is 0.571. The number of halogens is 1. The molecule has 1 aromatic rings. The molecule has 3 unspecified atom stereocenters. The molecular formula is C14H20INO. The molecule has 1 saturated carbocycles. The molecule has 2 nitrogen and oxygen atoms in total. The molecule has 17 heavy (non-hydrogen) atoms. The number of ether oxygens (including phenoxy) is 1. The first-order valence-electron chi connectivity index (χ1n) is 6.28. The van der Waals surface area contributed by atoms with Gasteiger partial charge in [-0.05, 0) is 71.9 Å². The molecule has 1 aromatic carbocycles. The summed E-state index contributed by atoms with van der Waals surface area (Å²) in [6, 6.07) is 5.86. The molecule has 0 bridgehead atoms. The molecule has 2 rings (SSSR count). The minimum Gasteiger partial charge on any atom is -0.489 e. The molecule has 0 heterocycles. The SMILES string of the molecule is CC1CCC(Oc2ccc(N)cc2I)CC1C. The van der Waals surface area contributed by atoms with E-state index in [1.54, 1.807) is 0 Å². The molecule has 94 valence electrons. The van der Waals surface area contributed by atoms with E-state index in [-0.39, 0.29) is 0 Å². The lowest BCUT2D eigenvalue weighted by atomic mass is 9.80. The molecule has 1 aliphatic carbocycles. The van der Waals surface area contributed by atoms with Crippen molar-refractivity contribution in [1.29, 1.82) is 0 Å². The van der Waals surface area contributed by atoms with Crippen LogP contribution in [0.3, 0.4) is 0 Å². The zero-order valence-corrected chi connectivity index (χ0v) is 12.6. The summed E-state index contributed by atoms with van der Waals surface area (Å²) < 4.78 is 7.20. The summed E-state index contributed by atoms with van der Waals surface area (Å²) in [4.78, 5) is 0. The van der Waals surface area contributed by atoms with Crippen molar-refractivity contribution in [2.24, 2.45) is 11.8 Å². The Morgan fingerprint density at radius 1 is 1.24 bits per heavy atom. The van der Waals surface area contributed by atoms with E-state index in [0.717, 1.165) is 26.8 Å². The maximum absolute atomic E-state index is 6.10. The summed E-state index contributed by atoms with van der Waals surface area (Å²) in [6.07, 6.45) is 3.99. The molecule has 0 aliphatic heterocycles. The third-order valence-corrected chi connectivity index (χ3v) is 4.64. The van der Waals surface area contributed by atoms with E-state index in [1.807, 2.05) is 18.2 Å². The molecule has 0 radical (unpaired) electrons. The maximum atomic E-state index is 6.10. The Morgan fingerprint density at radius 3 is 2.65 bits per heavy atom. The second-order valence-corrected chi connectivity index (χ2v) is 6.36. The Kier molecular flexibility index (Phi) is 4.17. The fourth-order valence-electron chi connectivity index (χ4n) is 2.40. The number of hydrogen-bond acceptors (Lipinski definition) is 2. The van der Waals surface area contributed by atoms with Crippen LogP contribution in [-0.2, 0) is 0 Å². The van der Waals surface area contributed by atoms with Crippen molar-refractivity contribution >= 4 is 28.3 Å². The minimum atomic E-state index is 0.373. The summed E-state index contributed by atoms with van der Waals surface area (Å²) in [6.45, 7) is 4.67. The number of nitrogen functional groups attached to an aromatic ring is 1. The molecule has 1 fully saturated rings. The van der Waals surface area contributed by atoms with Gasteiger partial charge in [0, 0.05) is 5.69 Å². The lowest BCUT2D eigenvalue weighted by Crippen LogP contribution is -2.28. The summed E-state index contributed by atoms with van der Waals surface area (Å²) in [7, 11) is 0. The van der Waals surface area contributed by atoms with E-state index < -0.39 is 0 Å². The van der Waals surface area contributed by atoms with Crippen molar-refractivity contribution < 1.29 is 4.74 Å². The van der Waals surface area contributed by atoms with Crippen molar-refractivity contribution in [3.8, 4) is 5.75 Å². The fourth-order valence-corrected chi connectivity index (χ4v) is 3.06. The minimum absolute atomic E-state index is 0.373. The van der Waals surface area contributed by atoms with Gasteiger partial charge in [0.15, 0.2) is 0 Å². The third kappa shape index (κ3) is 3.27. The van der Waals surface area contributed by atoms with E-state index in [4.69, 9.17) is 10.5 Å². The lowest BCUT2D eigenvalue weighted by molar-refractivity contribution is 0.0998. The third-order valence-electron chi connectivity index (χ3n) is 3.80. The molecule has 3 heteroatoms. The summed E-state index contributed by atoms with van der Waals surface area (Å²) >= 11 is 2.29. The van der Waals surface area contributed by atoms with E-state index in [1.165, 1.54) is 19.3 Å². The average molecular weight is 345 g/mol. The Labute approximate surface area is 117 Å². The largest absolute Gasteiger partial charge is 0.489 e. The van der Waals surface area contributed by atoms with Gasteiger partial charge in [-0.25, -0.2) is 0 Å². The monoisotopic (exact) mass is 345 g/mol. The van der Waals surface area contributed by atoms with Gasteiger partial charge in [0.1, 0.15) is 5.75 Å². The van der Waals surface area contributed by atoms with Crippen LogP contribution in [0.1, 0.15) is 33.1 Å². The van der Waals surface area contributed by atoms with E-state index in [9.17, 15) is 0 Å². The van der Waals surface area contributed by atoms with Gasteiger partial charge < -0.3 is 10.5 Å². The number of benzene rings is 1. The van der Waals surface area contributed by atoms with Crippen LogP contribution in [0.15, 0.2) is 18.2 Å². The van der Waals surface area contributed by atoms with E-state index in [0.29, 0.717) is 6.10 Å². The molecule has 1 aliphatic rings. The highest BCUT2D eigenvalue weighted by Crippen LogP contribution is 2.33. The van der Waals surface area contributed by atoms with Crippen LogP contribution < -0.4 is 10.5 Å². The van der Waals surface area contributed by atoms with Crippen LogP contribution in [0.4, 0.5) is 5.69 Å². The van der Waals surface area contributed by atoms with E-state index >= 15 is 0 Å². The Balaban J connectivity index is 2.01. The van der Waals surface area contributed by atoms with Gasteiger partial charge in [0.05, 0.1) is 9.67 Å². The standard InChI is InChI=1S/C14H20INO/c1-9-3-5-12(7-10(9)2)17-14-6-4-11(16)8-13(14)15/h4,6,8-10,12H,3,5,7,16H2,1-2H3. The van der Waals surface area contributed by atoms with Crippen LogP contribution in [0.2, 0.25) is 0 Å². The van der Waals surface area contributed by atoms with Crippen molar-refractivity contribution in [3.63, 3.8) is 0 Å². The molecule has 2 N–H and O–H groups in total. The second kappa shape index (κ2) is 5.46. The molecule has 0 aromatic heterocycles. The first kappa shape index (κ1) is 13.0. The summed E-state index contributed by atoms with van der Waals surface area (Å²) in [5, 5.41) is 0. The smallest absolute Gasteiger partial charge is 0.133 e. The zero-order chi connectivity index (χ0) is 12.4. The first-order valence-corrected chi connectivity index (χ1v) is 7.36.